The van der Waals surface area contributed by atoms with Gasteiger partial charge in [-0.2, -0.15) is 5.10 Å². The van der Waals surface area contributed by atoms with Crippen LogP contribution in [0.5, 0.6) is 0 Å². The van der Waals surface area contributed by atoms with E-state index in [0.717, 1.165) is 91.3 Å². The molecule has 11 heterocycles. The summed E-state index contributed by atoms with van der Waals surface area (Å²) in [5.74, 6) is 1.63. The standard InChI is InChI=1S/C9H9N.3C8H8N2.C8H7NO.C8H7NS.C7H7N3/c1-7-6-8-4-2-3-5-9(8)10-7;1-6-4-7-2-3-9-5-8(7)10-6;1-7-6-10-5-3-2-4-8(10)9-7;1-7-6-8-4-2-3-5-10(8)9-7;2*1-6-9-7-4-2-3-5-8(7)10-6;1-5-9-6-3-2-4-8-7(6)10-5/h2-5H,6H2,1H3;2-3,5H,4H2,1H3;2*2-6H,1H3;2*2-5H,1H3;2-4H,1H3,(H,8,9,10). The first-order valence-electron chi connectivity index (χ1n) is 22.8. The molecule has 0 fully saturated rings. The van der Waals surface area contributed by atoms with Gasteiger partial charge in [-0.25, -0.2) is 29.4 Å². The number of hydrogen-bond donors (Lipinski definition) is 1. The van der Waals surface area contributed by atoms with Crippen LogP contribution in [0.2, 0.25) is 0 Å². The van der Waals surface area contributed by atoms with Crippen molar-refractivity contribution in [2.45, 2.75) is 61.3 Å². The fourth-order valence-electron chi connectivity index (χ4n) is 7.54. The Kier molecular flexibility index (Phi) is 15.8. The molecule has 14 heteroatoms. The molecule has 0 spiro atoms. The van der Waals surface area contributed by atoms with Crippen LogP contribution in [0.4, 0.5) is 11.4 Å². The first kappa shape index (κ1) is 48.0. The summed E-state index contributed by atoms with van der Waals surface area (Å²) in [6.07, 6.45) is 13.3. The van der Waals surface area contributed by atoms with E-state index in [1.54, 1.807) is 17.5 Å². The van der Waals surface area contributed by atoms with Crippen LogP contribution in [0.15, 0.2) is 185 Å². The van der Waals surface area contributed by atoms with Crippen molar-refractivity contribution in [3.63, 3.8) is 0 Å². The van der Waals surface area contributed by atoms with Crippen LogP contribution in [0.1, 0.15) is 53.1 Å². The number of hydrogen-bond acceptors (Lipinski definition) is 11. The van der Waals surface area contributed by atoms with E-state index in [4.69, 9.17) is 4.42 Å². The predicted molar refractivity (Wildman–Crippen MR) is 285 cm³/mol. The Balaban J connectivity index is 0.000000110. The maximum atomic E-state index is 5.26. The van der Waals surface area contributed by atoms with Gasteiger partial charge in [-0.15, -0.1) is 11.3 Å². The zero-order valence-electron chi connectivity index (χ0n) is 40.3. The van der Waals surface area contributed by atoms with E-state index in [9.17, 15) is 0 Å². The van der Waals surface area contributed by atoms with Gasteiger partial charge in [0.25, 0.3) is 0 Å². The topological polar surface area (TPSA) is 153 Å². The Morgan fingerprint density at radius 3 is 2.07 bits per heavy atom. The molecule has 0 radical (unpaired) electrons. The molecule has 0 saturated heterocycles. The first-order chi connectivity index (χ1) is 34.0. The quantitative estimate of drug-likeness (QED) is 0.158. The number of aromatic nitrogens is 10. The molecule has 0 bridgehead atoms. The minimum atomic E-state index is 0.723. The molecular formula is C56H54N12OS. The van der Waals surface area contributed by atoms with Crippen molar-refractivity contribution >= 4 is 77.8 Å². The second-order valence-electron chi connectivity index (χ2n) is 16.5. The minimum absolute atomic E-state index is 0.723. The molecule has 70 heavy (non-hydrogen) atoms. The number of oxazole rings is 1. The highest BCUT2D eigenvalue weighted by molar-refractivity contribution is 7.18. The lowest BCUT2D eigenvalue weighted by Gasteiger charge is -1.91. The Bertz CT molecular complexity index is 3040. The van der Waals surface area contributed by atoms with Crippen LogP contribution in [-0.4, -0.2) is 60.3 Å². The third kappa shape index (κ3) is 13.1. The zero-order chi connectivity index (χ0) is 48.8. The molecule has 0 unspecified atom stereocenters. The molecule has 14 rings (SSSR count). The number of H-pyrrole nitrogens is 1. The number of aryl methyl sites for hydroxylation is 5. The smallest absolute Gasteiger partial charge is 0.192 e. The Hall–Kier alpha value is -8.49. The zero-order valence-corrected chi connectivity index (χ0v) is 41.1. The van der Waals surface area contributed by atoms with E-state index < -0.39 is 0 Å². The van der Waals surface area contributed by atoms with Gasteiger partial charge in [0, 0.05) is 62.2 Å². The van der Waals surface area contributed by atoms with Crippen molar-refractivity contribution in [3.8, 4) is 0 Å². The lowest BCUT2D eigenvalue weighted by Crippen LogP contribution is -1.87. The number of pyridine rings is 4. The van der Waals surface area contributed by atoms with Crippen molar-refractivity contribution in [1.82, 2.24) is 48.9 Å². The highest BCUT2D eigenvalue weighted by Crippen LogP contribution is 2.26. The maximum Gasteiger partial charge on any atom is 0.192 e. The second kappa shape index (κ2) is 23.0. The second-order valence-corrected chi connectivity index (χ2v) is 17.7. The van der Waals surface area contributed by atoms with Crippen molar-refractivity contribution in [2.24, 2.45) is 9.98 Å². The number of thiazole rings is 1. The molecular weight excluding hydrogens is 889 g/mol. The van der Waals surface area contributed by atoms with Crippen LogP contribution >= 0.6 is 11.3 Å². The monoisotopic (exact) mass is 942 g/mol. The fraction of sp³-hybridized carbons (Fsp3) is 0.161. The molecule has 0 aliphatic carbocycles. The molecule has 9 aromatic heterocycles. The third-order valence-corrected chi connectivity index (χ3v) is 11.5. The van der Waals surface area contributed by atoms with Crippen molar-refractivity contribution < 1.29 is 4.42 Å². The van der Waals surface area contributed by atoms with Crippen molar-refractivity contribution in [1.29, 1.82) is 0 Å². The number of rotatable bonds is 0. The number of aliphatic imine (C=N–C) groups is 2. The lowest BCUT2D eigenvalue weighted by atomic mass is 10.1. The van der Waals surface area contributed by atoms with Gasteiger partial charge < -0.3 is 13.8 Å². The molecule has 1 N–H and O–H groups in total. The average Bonchev–Trinajstić information content (AvgIpc) is 4.23. The number of nitrogens with zero attached hydrogens (tertiary/aromatic N) is 11. The Morgan fingerprint density at radius 1 is 0.600 bits per heavy atom. The first-order valence-corrected chi connectivity index (χ1v) is 23.7. The molecule has 2 aliphatic heterocycles. The molecule has 0 amide bonds. The van der Waals surface area contributed by atoms with Crippen LogP contribution in [0.3, 0.4) is 0 Å². The van der Waals surface area contributed by atoms with E-state index in [0.29, 0.717) is 0 Å². The summed E-state index contributed by atoms with van der Waals surface area (Å²) in [5.41, 5.74) is 16.2. The van der Waals surface area contributed by atoms with Gasteiger partial charge in [-0.05, 0) is 132 Å². The van der Waals surface area contributed by atoms with Gasteiger partial charge in [-0.1, -0.05) is 54.6 Å². The summed E-state index contributed by atoms with van der Waals surface area (Å²) >= 11 is 1.74. The Morgan fingerprint density at radius 2 is 1.31 bits per heavy atom. The number of nitrogens with one attached hydrogen (secondary N) is 1. The minimum Gasteiger partial charge on any atom is -0.441 e. The van der Waals surface area contributed by atoms with Crippen LogP contribution in [0.25, 0.3) is 43.6 Å². The molecule has 0 saturated carbocycles. The number of fused-ring (bicyclic) bond motifs is 7. The van der Waals surface area contributed by atoms with Gasteiger partial charge in [0.2, 0.25) is 0 Å². The summed E-state index contributed by atoms with van der Waals surface area (Å²) < 4.78 is 10.4. The largest absolute Gasteiger partial charge is 0.441 e. The van der Waals surface area contributed by atoms with Crippen LogP contribution < -0.4 is 0 Å². The average molecular weight is 943 g/mol. The summed E-state index contributed by atoms with van der Waals surface area (Å²) in [5, 5.41) is 5.37. The molecule has 350 valence electrons. The van der Waals surface area contributed by atoms with Gasteiger partial charge in [0.15, 0.2) is 17.1 Å². The molecule has 13 nitrogen and oxygen atoms in total. The van der Waals surface area contributed by atoms with Gasteiger partial charge in [-0.3, -0.25) is 15.0 Å². The van der Waals surface area contributed by atoms with Crippen LogP contribution in [0, 0.1) is 34.6 Å². The molecule has 3 aromatic carbocycles. The van der Waals surface area contributed by atoms with Crippen molar-refractivity contribution in [3.05, 3.63) is 210 Å². The van der Waals surface area contributed by atoms with E-state index >= 15 is 0 Å². The number of benzene rings is 3. The third-order valence-electron chi connectivity index (χ3n) is 10.5. The molecule has 0 atom stereocenters. The number of aromatic amines is 1. The number of para-hydroxylation sites is 4. The normalized spacial score (nSPS) is 11.7. The molecule has 12 aromatic rings. The van der Waals surface area contributed by atoms with Crippen molar-refractivity contribution in [2.75, 3.05) is 0 Å². The van der Waals surface area contributed by atoms with E-state index in [-0.39, 0.29) is 0 Å². The van der Waals surface area contributed by atoms with Crippen LogP contribution in [-0.2, 0) is 12.8 Å². The highest BCUT2D eigenvalue weighted by Gasteiger charge is 2.10. The van der Waals surface area contributed by atoms with E-state index in [2.05, 4.69) is 87.2 Å². The van der Waals surface area contributed by atoms with E-state index in [1.165, 1.54) is 27.3 Å². The summed E-state index contributed by atoms with van der Waals surface area (Å²) in [4.78, 5) is 36.7. The van der Waals surface area contributed by atoms with Gasteiger partial charge in [0.05, 0.1) is 55.2 Å². The van der Waals surface area contributed by atoms with E-state index in [1.807, 2.05) is 185 Å². The number of imidazole rings is 2. The Labute approximate surface area is 410 Å². The summed E-state index contributed by atoms with van der Waals surface area (Å²) in [7, 11) is 0. The lowest BCUT2D eigenvalue weighted by molar-refractivity contribution is 0.561. The molecule has 2 aliphatic rings. The van der Waals surface area contributed by atoms with Gasteiger partial charge in [0.1, 0.15) is 17.0 Å². The maximum absolute atomic E-state index is 5.26. The highest BCUT2D eigenvalue weighted by atomic mass is 32.1. The fourth-order valence-corrected chi connectivity index (χ4v) is 8.37. The predicted octanol–water partition coefficient (Wildman–Crippen LogP) is 13.4. The summed E-state index contributed by atoms with van der Waals surface area (Å²) in [6.45, 7) is 13.9. The van der Waals surface area contributed by atoms with Gasteiger partial charge >= 0.3 is 0 Å². The SMILES string of the molecule is CC1=Nc2ccccc2C1.CC1=Nc2cnccc2C1.Cc1cc2ccccn2n1.Cc1cn2ccccc2n1.Cc1nc2ccccc2o1.Cc1nc2ccccc2s1.Cc1nc2ncccc2[nH]1. The summed E-state index contributed by atoms with van der Waals surface area (Å²) in [6, 6.07) is 44.1.